The van der Waals surface area contributed by atoms with Crippen molar-refractivity contribution in [3.8, 4) is 0 Å². The molecular weight excluding hydrogens is 370 g/mol. The summed E-state index contributed by atoms with van der Waals surface area (Å²) in [6.07, 6.45) is 3.24. The zero-order valence-electron chi connectivity index (χ0n) is 13.0. The molecule has 0 saturated heterocycles. The Morgan fingerprint density at radius 1 is 1.38 bits per heavy atom. The summed E-state index contributed by atoms with van der Waals surface area (Å²) in [7, 11) is -3.43. The smallest absolute Gasteiger partial charge is 0.208 e. The van der Waals surface area contributed by atoms with Gasteiger partial charge in [0.05, 0.1) is 8.68 Å². The summed E-state index contributed by atoms with van der Waals surface area (Å²) < 4.78 is 29.2. The lowest BCUT2D eigenvalue weighted by atomic mass is 9.74. The van der Waals surface area contributed by atoms with Gasteiger partial charge in [0.25, 0.3) is 0 Å². The molecule has 0 radical (unpaired) electrons. The molecule has 0 amide bonds. The topological polar surface area (TPSA) is 46.2 Å². The number of rotatable bonds is 4. The highest BCUT2D eigenvalue weighted by Gasteiger charge is 2.34. The molecule has 6 heteroatoms. The molecule has 3 atom stereocenters. The fourth-order valence-corrected chi connectivity index (χ4v) is 7.01. The van der Waals surface area contributed by atoms with Crippen molar-refractivity contribution >= 4 is 37.3 Å². The van der Waals surface area contributed by atoms with Crippen LogP contribution in [0, 0.1) is 24.7 Å². The first-order valence-corrected chi connectivity index (χ1v) is 10.6. The first kappa shape index (κ1) is 17.4. The molecule has 0 aliphatic heterocycles. The Morgan fingerprint density at radius 3 is 2.57 bits per heavy atom. The quantitative estimate of drug-likeness (QED) is 0.814. The number of nitrogens with one attached hydrogen (secondary N) is 1. The summed E-state index contributed by atoms with van der Waals surface area (Å²) in [4.78, 5) is 1.25. The van der Waals surface area contributed by atoms with Crippen LogP contribution in [0.1, 0.15) is 44.9 Å². The number of hydrogen-bond acceptors (Lipinski definition) is 3. The van der Waals surface area contributed by atoms with Gasteiger partial charge in [0.15, 0.2) is 0 Å². The minimum Gasteiger partial charge on any atom is -0.208 e. The SMILES string of the molecule is Cc1sc(Br)cc1S(=O)(=O)NC1CC(C)CCC1C(C)C. The van der Waals surface area contributed by atoms with Gasteiger partial charge in [-0.2, -0.15) is 0 Å². The van der Waals surface area contributed by atoms with Gasteiger partial charge in [0.1, 0.15) is 0 Å². The third-order valence-corrected chi connectivity index (χ3v) is 7.76. The van der Waals surface area contributed by atoms with Crippen molar-refractivity contribution in [2.45, 2.75) is 57.9 Å². The van der Waals surface area contributed by atoms with Crippen molar-refractivity contribution in [1.29, 1.82) is 0 Å². The summed E-state index contributed by atoms with van der Waals surface area (Å²) >= 11 is 4.83. The van der Waals surface area contributed by atoms with E-state index in [9.17, 15) is 8.42 Å². The third-order valence-electron chi connectivity index (χ3n) is 4.46. The Morgan fingerprint density at radius 2 is 2.05 bits per heavy atom. The maximum atomic E-state index is 12.7. The maximum Gasteiger partial charge on any atom is 0.241 e. The standard InChI is InChI=1S/C15H24BrNO2S2/c1-9(2)12-6-5-10(3)7-13(12)17-21(18,19)14-8-15(16)20-11(14)4/h8-10,12-13,17H,5-7H2,1-4H3. The molecule has 1 aromatic rings. The maximum absolute atomic E-state index is 12.7. The number of halogens is 1. The molecule has 1 saturated carbocycles. The van der Waals surface area contributed by atoms with Gasteiger partial charge < -0.3 is 0 Å². The molecule has 1 fully saturated rings. The first-order valence-electron chi connectivity index (χ1n) is 7.49. The highest BCUT2D eigenvalue weighted by atomic mass is 79.9. The van der Waals surface area contributed by atoms with Crippen LogP contribution in [0.2, 0.25) is 0 Å². The molecule has 21 heavy (non-hydrogen) atoms. The van der Waals surface area contributed by atoms with Crippen LogP contribution in [0.5, 0.6) is 0 Å². The second kappa shape index (κ2) is 6.69. The van der Waals surface area contributed by atoms with Crippen LogP contribution < -0.4 is 4.72 Å². The fraction of sp³-hybridized carbons (Fsp3) is 0.733. The van der Waals surface area contributed by atoms with Crippen molar-refractivity contribution in [2.75, 3.05) is 0 Å². The van der Waals surface area contributed by atoms with Crippen molar-refractivity contribution in [3.63, 3.8) is 0 Å². The van der Waals surface area contributed by atoms with E-state index in [1.54, 1.807) is 6.07 Å². The van der Waals surface area contributed by atoms with Crippen LogP contribution in [-0.4, -0.2) is 14.5 Å². The number of thiophene rings is 1. The summed E-state index contributed by atoms with van der Waals surface area (Å²) in [5.74, 6) is 1.52. The lowest BCUT2D eigenvalue weighted by Gasteiger charge is -2.37. The lowest BCUT2D eigenvalue weighted by molar-refractivity contribution is 0.188. The van der Waals surface area contributed by atoms with Crippen LogP contribution in [-0.2, 0) is 10.0 Å². The molecule has 0 bridgehead atoms. The molecule has 3 unspecified atom stereocenters. The second-order valence-electron chi connectivity index (χ2n) is 6.52. The van der Waals surface area contributed by atoms with E-state index < -0.39 is 10.0 Å². The van der Waals surface area contributed by atoms with Crippen LogP contribution in [0.4, 0.5) is 0 Å². The molecule has 1 aliphatic rings. The van der Waals surface area contributed by atoms with Gasteiger partial charge in [0, 0.05) is 10.9 Å². The highest BCUT2D eigenvalue weighted by molar-refractivity contribution is 9.11. The molecule has 1 heterocycles. The van der Waals surface area contributed by atoms with Gasteiger partial charge in [0.2, 0.25) is 10.0 Å². The van der Waals surface area contributed by atoms with Crippen molar-refractivity contribution in [3.05, 3.63) is 14.7 Å². The zero-order valence-corrected chi connectivity index (χ0v) is 16.2. The minimum absolute atomic E-state index is 0.0526. The van der Waals surface area contributed by atoms with Crippen LogP contribution in [0.3, 0.4) is 0 Å². The Bertz CT molecular complexity index is 595. The van der Waals surface area contributed by atoms with E-state index in [0.29, 0.717) is 22.6 Å². The third kappa shape index (κ3) is 4.09. The number of aryl methyl sites for hydroxylation is 1. The summed E-state index contributed by atoms with van der Waals surface area (Å²) in [6.45, 7) is 8.44. The molecular formula is C15H24BrNO2S2. The Balaban J connectivity index is 2.23. The second-order valence-corrected chi connectivity index (χ2v) is 10.8. The van der Waals surface area contributed by atoms with Gasteiger partial charge in [-0.25, -0.2) is 13.1 Å². The Hall–Kier alpha value is 0.0900. The molecule has 1 aromatic heterocycles. The van der Waals surface area contributed by atoms with Crippen molar-refractivity contribution in [1.82, 2.24) is 4.72 Å². The molecule has 1 aliphatic carbocycles. The fourth-order valence-electron chi connectivity index (χ4n) is 3.30. The van der Waals surface area contributed by atoms with Gasteiger partial charge in [-0.15, -0.1) is 11.3 Å². The summed E-state index contributed by atoms with van der Waals surface area (Å²) in [5.41, 5.74) is 0. The largest absolute Gasteiger partial charge is 0.241 e. The van der Waals surface area contributed by atoms with E-state index >= 15 is 0 Å². The molecule has 3 nitrogen and oxygen atoms in total. The van der Waals surface area contributed by atoms with E-state index in [1.165, 1.54) is 17.8 Å². The Kier molecular flexibility index (Phi) is 5.55. The van der Waals surface area contributed by atoms with Crippen molar-refractivity contribution < 1.29 is 8.42 Å². The molecule has 0 spiro atoms. The average molecular weight is 394 g/mol. The van der Waals surface area contributed by atoms with Gasteiger partial charge >= 0.3 is 0 Å². The molecule has 120 valence electrons. The molecule has 0 aromatic carbocycles. The monoisotopic (exact) mass is 393 g/mol. The van der Waals surface area contributed by atoms with Gasteiger partial charge in [-0.05, 0) is 59.5 Å². The molecule has 2 rings (SSSR count). The van der Waals surface area contributed by atoms with E-state index in [0.717, 1.165) is 21.5 Å². The zero-order chi connectivity index (χ0) is 15.8. The van der Waals surface area contributed by atoms with Gasteiger partial charge in [-0.1, -0.05) is 27.2 Å². The highest BCUT2D eigenvalue weighted by Crippen LogP contribution is 2.35. The van der Waals surface area contributed by atoms with E-state index in [-0.39, 0.29) is 6.04 Å². The first-order chi connectivity index (χ1) is 9.70. The van der Waals surface area contributed by atoms with Gasteiger partial charge in [-0.3, -0.25) is 0 Å². The predicted octanol–water partition coefficient (Wildman–Crippen LogP) is 4.56. The predicted molar refractivity (Wildman–Crippen MR) is 92.2 cm³/mol. The minimum atomic E-state index is -3.43. The van der Waals surface area contributed by atoms with Crippen LogP contribution in [0.15, 0.2) is 14.7 Å². The van der Waals surface area contributed by atoms with Crippen LogP contribution >= 0.6 is 27.3 Å². The van der Waals surface area contributed by atoms with E-state index in [2.05, 4.69) is 41.4 Å². The summed E-state index contributed by atoms with van der Waals surface area (Å²) in [5, 5.41) is 0. The van der Waals surface area contributed by atoms with Crippen molar-refractivity contribution in [2.24, 2.45) is 17.8 Å². The van der Waals surface area contributed by atoms with Crippen LogP contribution in [0.25, 0.3) is 0 Å². The lowest BCUT2D eigenvalue weighted by Crippen LogP contribution is -2.45. The average Bonchev–Trinajstić information content (AvgIpc) is 2.68. The number of sulfonamides is 1. The number of hydrogen-bond donors (Lipinski definition) is 1. The summed E-state index contributed by atoms with van der Waals surface area (Å²) in [6, 6.07) is 1.76. The Labute approximate surface area is 140 Å². The molecule has 1 N–H and O–H groups in total. The van der Waals surface area contributed by atoms with E-state index in [1.807, 2.05) is 6.92 Å². The van der Waals surface area contributed by atoms with E-state index in [4.69, 9.17) is 0 Å². The normalized spacial score (nSPS) is 27.2.